The van der Waals surface area contributed by atoms with Crippen molar-refractivity contribution in [1.82, 2.24) is 9.88 Å². The number of sulfonamides is 2. The molecule has 61 heavy (non-hydrogen) atoms. The van der Waals surface area contributed by atoms with Crippen molar-refractivity contribution in [2.24, 2.45) is 0 Å². The number of rotatable bonds is 12. The molecule has 1 aromatic heterocycles. The van der Waals surface area contributed by atoms with Gasteiger partial charge in [-0.2, -0.15) is 0 Å². The van der Waals surface area contributed by atoms with Crippen LogP contribution >= 0.6 is 46.4 Å². The largest absolute Gasteiger partial charge is 0.449 e. The number of carbonyl (C=O) groups is 4. The summed E-state index contributed by atoms with van der Waals surface area (Å²) in [6, 6.07) is 18.8. The average molecular weight is 947 g/mol. The molecule has 2 aliphatic rings. The molecule has 3 amide bonds. The van der Waals surface area contributed by atoms with Gasteiger partial charge in [0.2, 0.25) is 12.0 Å². The number of para-hydroxylation sites is 4. The summed E-state index contributed by atoms with van der Waals surface area (Å²) in [6.07, 6.45) is 0.0890. The van der Waals surface area contributed by atoms with E-state index in [2.05, 4.69) is 15.6 Å². The monoisotopic (exact) mass is 944 g/mol. The molecule has 5 aromatic rings. The topological polar surface area (TPSA) is 192 Å². The summed E-state index contributed by atoms with van der Waals surface area (Å²) in [5.41, 5.74) is 0.735. The quantitative estimate of drug-likeness (QED) is 0.132. The number of nitrogens with one attached hydrogen (secondary N) is 2. The van der Waals surface area contributed by atoms with Gasteiger partial charge in [0.25, 0.3) is 31.9 Å². The highest BCUT2D eigenvalue weighted by atomic mass is 35.5. The third-order valence-corrected chi connectivity index (χ3v) is 15.4. The highest BCUT2D eigenvalue weighted by molar-refractivity contribution is 7.93. The lowest BCUT2D eigenvalue weighted by atomic mass is 10.0. The van der Waals surface area contributed by atoms with Crippen molar-refractivity contribution in [1.29, 1.82) is 0 Å². The fourth-order valence-electron chi connectivity index (χ4n) is 6.86. The minimum absolute atomic E-state index is 0.0110. The lowest BCUT2D eigenvalue weighted by Gasteiger charge is -2.41. The highest BCUT2D eigenvalue weighted by Crippen LogP contribution is 2.42. The zero-order chi connectivity index (χ0) is 43.8. The summed E-state index contributed by atoms with van der Waals surface area (Å²) in [7, 11) is -8.35. The van der Waals surface area contributed by atoms with E-state index in [0.717, 1.165) is 16.5 Å². The van der Waals surface area contributed by atoms with Crippen molar-refractivity contribution >= 4 is 113 Å². The second kappa shape index (κ2) is 17.5. The Morgan fingerprint density at radius 3 is 1.80 bits per heavy atom. The first-order valence-electron chi connectivity index (χ1n) is 18.1. The van der Waals surface area contributed by atoms with Crippen LogP contribution in [0.15, 0.2) is 119 Å². The molecule has 15 nitrogen and oxygen atoms in total. The van der Waals surface area contributed by atoms with Crippen molar-refractivity contribution in [2.75, 3.05) is 32.8 Å². The second-order valence-electron chi connectivity index (χ2n) is 13.7. The average Bonchev–Trinajstić information content (AvgIpc) is 3.23. The van der Waals surface area contributed by atoms with Gasteiger partial charge < -0.3 is 20.3 Å². The van der Waals surface area contributed by atoms with Crippen LogP contribution in [0.25, 0.3) is 0 Å². The van der Waals surface area contributed by atoms with Crippen LogP contribution in [0.2, 0.25) is 20.1 Å². The summed E-state index contributed by atoms with van der Waals surface area (Å²) in [6.45, 7) is -0.0110. The summed E-state index contributed by atoms with van der Waals surface area (Å²) in [5.74, 6) is -4.41. The molecule has 0 fully saturated rings. The molecule has 0 saturated carbocycles. The minimum Gasteiger partial charge on any atom is -0.449 e. The van der Waals surface area contributed by atoms with E-state index in [9.17, 15) is 36.0 Å². The van der Waals surface area contributed by atoms with E-state index in [1.165, 1.54) is 79.8 Å². The number of carbonyl (C=O) groups excluding carboxylic acids is 4. The number of anilines is 4. The molecule has 316 valence electrons. The fraction of sp³-hybridized carbons (Fsp3) is 0.175. The maximum absolute atomic E-state index is 14.8. The third-order valence-electron chi connectivity index (χ3n) is 9.82. The molecule has 3 atom stereocenters. The Bertz CT molecular complexity index is 2800. The van der Waals surface area contributed by atoms with Crippen molar-refractivity contribution in [3.63, 3.8) is 0 Å². The van der Waals surface area contributed by atoms with Crippen LogP contribution in [0, 0.1) is 0 Å². The van der Waals surface area contributed by atoms with Crippen LogP contribution in [0.5, 0.6) is 0 Å². The van der Waals surface area contributed by atoms with Crippen molar-refractivity contribution in [3.8, 4) is 0 Å². The fourth-order valence-corrected chi connectivity index (χ4v) is 11.6. The predicted octanol–water partition coefficient (Wildman–Crippen LogP) is 6.43. The molecule has 0 saturated heterocycles. The van der Waals surface area contributed by atoms with Crippen molar-refractivity contribution in [2.45, 2.75) is 40.8 Å². The van der Waals surface area contributed by atoms with Gasteiger partial charge in [-0.3, -0.25) is 28.5 Å². The molecule has 2 N–H and O–H groups in total. The number of hydrogen-bond acceptors (Lipinski definition) is 10. The van der Waals surface area contributed by atoms with Crippen LogP contribution in [0.1, 0.15) is 12.0 Å². The van der Waals surface area contributed by atoms with E-state index in [0.29, 0.717) is 8.61 Å². The lowest BCUT2D eigenvalue weighted by Crippen LogP contribution is -2.62. The Hall–Kier alpha value is -5.43. The number of pyridine rings is 1. The van der Waals surface area contributed by atoms with Gasteiger partial charge in [0.15, 0.2) is 6.04 Å². The minimum atomic E-state index is -4.93. The number of nitrogens with zero attached hydrogens (tertiary/aromatic N) is 4. The Balaban J connectivity index is 1.32. The van der Waals surface area contributed by atoms with Gasteiger partial charge in [-0.05, 0) is 72.6 Å². The van der Waals surface area contributed by atoms with Gasteiger partial charge in [0, 0.05) is 26.0 Å². The maximum Gasteiger partial charge on any atom is 0.309 e. The first-order chi connectivity index (χ1) is 29.0. The van der Waals surface area contributed by atoms with Gasteiger partial charge in [-0.1, -0.05) is 82.8 Å². The maximum atomic E-state index is 14.8. The number of benzene rings is 4. The Morgan fingerprint density at radius 2 is 1.23 bits per heavy atom. The molecule has 7 rings (SSSR count). The van der Waals surface area contributed by atoms with E-state index in [4.69, 9.17) is 51.1 Å². The number of fused-ring (bicyclic) bond motifs is 2. The molecule has 4 aromatic carbocycles. The van der Waals surface area contributed by atoms with Crippen LogP contribution in [0.4, 0.5) is 22.7 Å². The van der Waals surface area contributed by atoms with Gasteiger partial charge in [-0.15, -0.1) is 0 Å². The Kier molecular flexibility index (Phi) is 12.5. The van der Waals surface area contributed by atoms with E-state index < -0.39 is 78.1 Å². The van der Waals surface area contributed by atoms with Gasteiger partial charge in [0.05, 0.1) is 49.3 Å². The zero-order valence-electron chi connectivity index (χ0n) is 31.5. The predicted molar refractivity (Wildman–Crippen MR) is 230 cm³/mol. The van der Waals surface area contributed by atoms with Crippen LogP contribution in [-0.2, 0) is 50.4 Å². The van der Waals surface area contributed by atoms with Crippen LogP contribution in [0.3, 0.4) is 0 Å². The molecule has 3 heterocycles. The Labute approximate surface area is 370 Å². The summed E-state index contributed by atoms with van der Waals surface area (Å²) in [5, 5.41) is 4.23. The third kappa shape index (κ3) is 8.45. The molecule has 2 aliphatic heterocycles. The number of esters is 1. The summed E-state index contributed by atoms with van der Waals surface area (Å²) < 4.78 is 65.6. The molecule has 0 radical (unpaired) electrons. The highest BCUT2D eigenvalue weighted by Gasteiger charge is 2.51. The van der Waals surface area contributed by atoms with Gasteiger partial charge in [0.1, 0.15) is 15.8 Å². The molecular weight excluding hydrogens is 914 g/mol. The smallest absolute Gasteiger partial charge is 0.309 e. The van der Waals surface area contributed by atoms with Gasteiger partial charge >= 0.3 is 5.97 Å². The summed E-state index contributed by atoms with van der Waals surface area (Å²) in [4.78, 5) is 61.3. The lowest BCUT2D eigenvalue weighted by molar-refractivity contribution is -0.162. The number of ether oxygens (including phenoxy) is 1. The van der Waals surface area contributed by atoms with Crippen molar-refractivity contribution < 1.29 is 40.8 Å². The van der Waals surface area contributed by atoms with E-state index in [-0.39, 0.29) is 55.8 Å². The number of hydrogen-bond donors (Lipinski definition) is 2. The molecule has 0 bridgehead atoms. The molecular formula is C40H32Cl4N6O9S2. The number of aromatic nitrogens is 1. The first kappa shape index (κ1) is 43.7. The molecule has 0 aliphatic carbocycles. The standard InChI is InChI=1S/C40H32Cl4N6O9S2/c1-48(21-18-23-16-19-45-20-17-23)40(54)37(36-39(53)47-27-11-3-5-13-29(27)50(36)61(57,58)32-15-7-9-25(42)35(32)44)59-33(51)22-30-38(52)46-26-10-2-4-12-28(26)49(30)60(55,56)31-14-6-8-24(41)34(31)43/h2-17,19-20,30,36-37H,18,21-22H2,1H3,(H,46,52)(H,47,53)/t30-,36-,37?/m1/s1. The SMILES string of the molecule is CN(CCc1ccncc1)C(=O)C(OC(=O)C[C@@H]1C(=O)Nc2ccccc2N1S(=O)(=O)c1cccc(Cl)c1Cl)[C@@H]1C(=O)Nc2ccccc2N1S(=O)(=O)c1cccc(Cl)c1Cl. The zero-order valence-corrected chi connectivity index (χ0v) is 36.2. The van der Waals surface area contributed by atoms with Crippen LogP contribution < -0.4 is 19.2 Å². The first-order valence-corrected chi connectivity index (χ1v) is 22.5. The summed E-state index contributed by atoms with van der Waals surface area (Å²) >= 11 is 25.3. The second-order valence-corrected chi connectivity index (χ2v) is 18.8. The molecule has 1 unspecified atom stereocenters. The number of likely N-dealkylation sites (N-methyl/N-ethyl adjacent to an activating group) is 1. The van der Waals surface area contributed by atoms with Crippen LogP contribution in [-0.4, -0.2) is 82.2 Å². The Morgan fingerprint density at radius 1 is 0.721 bits per heavy atom. The molecule has 21 heteroatoms. The van der Waals surface area contributed by atoms with E-state index in [1.807, 2.05) is 0 Å². The van der Waals surface area contributed by atoms with Crippen molar-refractivity contribution in [3.05, 3.63) is 135 Å². The number of amides is 3. The molecule has 0 spiro atoms. The van der Waals surface area contributed by atoms with Gasteiger partial charge in [-0.25, -0.2) is 21.1 Å². The van der Waals surface area contributed by atoms with E-state index in [1.54, 1.807) is 30.6 Å². The number of halogens is 4. The van der Waals surface area contributed by atoms with E-state index >= 15 is 0 Å². The normalized spacial score (nSPS) is 16.7.